The third kappa shape index (κ3) is 8.60. The molecule has 0 aliphatic heterocycles. The van der Waals surface area contributed by atoms with Crippen molar-refractivity contribution < 1.29 is 45.3 Å². The highest BCUT2D eigenvalue weighted by Crippen LogP contribution is 2.67. The lowest BCUT2D eigenvalue weighted by molar-refractivity contribution is -0.254. The molecule has 0 atom stereocenters. The van der Waals surface area contributed by atoms with E-state index in [1.54, 1.807) is 48.5 Å². The Balaban J connectivity index is 1.50. The Hall–Kier alpha value is -3.92. The van der Waals surface area contributed by atoms with Crippen LogP contribution in [0.3, 0.4) is 0 Å². The van der Waals surface area contributed by atoms with Crippen molar-refractivity contribution >= 4 is 56.5 Å². The molecule has 7 rings (SSSR count). The number of hydrogen-bond donors (Lipinski definition) is 0. The summed E-state index contributed by atoms with van der Waals surface area (Å²) in [6.45, 7) is 13.4. The van der Waals surface area contributed by atoms with E-state index in [4.69, 9.17) is 18.9 Å². The fourth-order valence-electron chi connectivity index (χ4n) is 6.90. The van der Waals surface area contributed by atoms with Gasteiger partial charge < -0.3 is 18.9 Å². The standard InChI is InChI=1S/C47H46F6O4S4/c1-43(2,3)37-19-17-33(58-37)35-25-31(41(60-35)27-9-13-29(14-10-27)56-23-21-54-7)39-40(46(50,51)47(52,53)45(39,48)49)32-26-36(34-18-20-38(59-34)44(4,5)6)61-42(32)28-11-15-30(16-12-28)57-24-22-55-8/h9-20,25-26H,21-24H2,1-8H3. The van der Waals surface area contributed by atoms with Gasteiger partial charge >= 0.3 is 17.8 Å². The number of allylic oxidation sites excluding steroid dienone is 2. The first kappa shape index (κ1) is 45.1. The monoisotopic (exact) mass is 916 g/mol. The van der Waals surface area contributed by atoms with Crippen LogP contribution in [0.1, 0.15) is 62.4 Å². The maximum Gasteiger partial charge on any atom is 0.380 e. The molecule has 4 nitrogen and oxygen atoms in total. The van der Waals surface area contributed by atoms with Crippen LogP contribution in [0.25, 0.3) is 51.5 Å². The van der Waals surface area contributed by atoms with Crippen LogP contribution < -0.4 is 9.47 Å². The van der Waals surface area contributed by atoms with Crippen molar-refractivity contribution in [2.75, 3.05) is 40.6 Å². The first-order valence-electron chi connectivity index (χ1n) is 19.5. The molecule has 1 aliphatic rings. The van der Waals surface area contributed by atoms with Gasteiger partial charge in [-0.3, -0.25) is 0 Å². The van der Waals surface area contributed by atoms with E-state index in [0.717, 1.165) is 32.4 Å². The smallest absolute Gasteiger partial charge is 0.380 e. The summed E-state index contributed by atoms with van der Waals surface area (Å²) in [5, 5.41) is 0. The minimum absolute atomic E-state index is 0.146. The lowest BCUT2D eigenvalue weighted by Gasteiger charge is -2.26. The zero-order valence-electron chi connectivity index (χ0n) is 34.9. The van der Waals surface area contributed by atoms with Crippen molar-refractivity contribution in [2.24, 2.45) is 0 Å². The summed E-state index contributed by atoms with van der Waals surface area (Å²) in [7, 11) is 3.08. The number of thiophene rings is 4. The van der Waals surface area contributed by atoms with Crippen LogP contribution >= 0.6 is 45.3 Å². The number of benzene rings is 2. The molecule has 1 aliphatic carbocycles. The van der Waals surface area contributed by atoms with Crippen LogP contribution in [-0.2, 0) is 20.3 Å². The zero-order valence-corrected chi connectivity index (χ0v) is 38.2. The molecular weight excluding hydrogens is 871 g/mol. The van der Waals surface area contributed by atoms with Crippen molar-refractivity contribution in [3.8, 4) is 51.9 Å². The van der Waals surface area contributed by atoms with E-state index in [0.29, 0.717) is 55.3 Å². The van der Waals surface area contributed by atoms with Gasteiger partial charge in [0.15, 0.2) is 0 Å². The summed E-state index contributed by atoms with van der Waals surface area (Å²) in [5.74, 6) is -15.4. The highest BCUT2D eigenvalue weighted by Gasteiger charge is 2.80. The Morgan fingerprint density at radius 2 is 0.820 bits per heavy atom. The molecule has 0 radical (unpaired) electrons. The van der Waals surface area contributed by atoms with Gasteiger partial charge in [-0.15, -0.1) is 45.3 Å². The molecule has 4 heterocycles. The molecule has 0 fully saturated rings. The second-order valence-electron chi connectivity index (χ2n) is 16.7. The van der Waals surface area contributed by atoms with Crippen LogP contribution in [0.15, 0.2) is 84.9 Å². The van der Waals surface area contributed by atoms with Gasteiger partial charge in [0.2, 0.25) is 0 Å². The van der Waals surface area contributed by atoms with Gasteiger partial charge in [0.05, 0.1) is 13.2 Å². The second kappa shape index (κ2) is 17.0. The SMILES string of the molecule is COCCOc1ccc(-c2sc(-c3ccc(C(C)(C)C)s3)cc2C2=C(c3cc(-c4ccc(C(C)(C)C)s4)sc3-c3ccc(OCCOC)cc3)C(F)(F)C(F)(F)C2(F)F)cc1. The quantitative estimate of drug-likeness (QED) is 0.0806. The lowest BCUT2D eigenvalue weighted by atomic mass is 9.92. The van der Waals surface area contributed by atoms with Crippen LogP contribution in [0, 0.1) is 0 Å². The Morgan fingerprint density at radius 3 is 1.13 bits per heavy atom. The van der Waals surface area contributed by atoms with Crippen molar-refractivity contribution in [1.82, 2.24) is 0 Å². The first-order valence-corrected chi connectivity index (χ1v) is 22.8. The average Bonchev–Trinajstić information content (AvgIpc) is 4.03. The van der Waals surface area contributed by atoms with Crippen LogP contribution in [0.2, 0.25) is 0 Å². The molecule has 61 heavy (non-hydrogen) atoms. The second-order valence-corrected chi connectivity index (χ2v) is 21.0. The van der Waals surface area contributed by atoms with Gasteiger partial charge in [-0.25, -0.2) is 0 Å². The molecular formula is C47H46F6O4S4. The van der Waals surface area contributed by atoms with Gasteiger partial charge in [-0.2, -0.15) is 26.3 Å². The average molecular weight is 917 g/mol. The zero-order chi connectivity index (χ0) is 44.1. The van der Waals surface area contributed by atoms with E-state index in [9.17, 15) is 0 Å². The Bertz CT molecular complexity index is 2340. The van der Waals surface area contributed by atoms with Gasteiger partial charge in [0.1, 0.15) is 24.7 Å². The fraction of sp³-hybridized carbons (Fsp3) is 0.362. The fourth-order valence-corrected chi connectivity index (χ4v) is 11.5. The van der Waals surface area contributed by atoms with E-state index in [2.05, 4.69) is 0 Å². The molecule has 0 saturated carbocycles. The molecule has 324 valence electrons. The van der Waals surface area contributed by atoms with Crippen LogP contribution in [0.5, 0.6) is 11.5 Å². The Kier molecular flexibility index (Phi) is 12.6. The maximum atomic E-state index is 16.9. The third-order valence-corrected chi connectivity index (χ3v) is 16.0. The van der Waals surface area contributed by atoms with E-state index in [-0.39, 0.29) is 44.9 Å². The molecule has 2 aromatic carbocycles. The first-order chi connectivity index (χ1) is 28.7. The number of hydrogen-bond acceptors (Lipinski definition) is 8. The largest absolute Gasteiger partial charge is 0.491 e. The van der Waals surface area contributed by atoms with Crippen molar-refractivity contribution in [1.29, 1.82) is 0 Å². The van der Waals surface area contributed by atoms with Crippen LogP contribution in [0.4, 0.5) is 26.3 Å². The molecule has 0 spiro atoms. The molecule has 6 aromatic rings. The molecule has 0 N–H and O–H groups in total. The van der Waals surface area contributed by atoms with E-state index >= 15 is 26.3 Å². The normalized spacial score (nSPS) is 16.1. The van der Waals surface area contributed by atoms with Crippen molar-refractivity contribution in [3.63, 3.8) is 0 Å². The molecule has 4 aromatic heterocycles. The summed E-state index contributed by atoms with van der Waals surface area (Å²) < 4.78 is 121. The van der Waals surface area contributed by atoms with E-state index < -0.39 is 28.9 Å². The molecule has 0 unspecified atom stereocenters. The van der Waals surface area contributed by atoms with Gasteiger partial charge in [-0.1, -0.05) is 41.5 Å². The highest BCUT2D eigenvalue weighted by atomic mass is 32.1. The number of methoxy groups -OCH3 is 2. The third-order valence-electron chi connectivity index (χ3n) is 10.2. The van der Waals surface area contributed by atoms with Gasteiger partial charge in [-0.05, 0) is 107 Å². The minimum atomic E-state index is -5.77. The van der Waals surface area contributed by atoms with Crippen LogP contribution in [-0.4, -0.2) is 58.4 Å². The summed E-state index contributed by atoms with van der Waals surface area (Å²) >= 11 is 5.06. The number of ether oxygens (including phenoxy) is 4. The summed E-state index contributed by atoms with van der Waals surface area (Å²) in [6, 6.07) is 23.3. The summed E-state index contributed by atoms with van der Waals surface area (Å²) in [6.07, 6.45) is 0. The molecule has 0 bridgehead atoms. The molecule has 0 saturated heterocycles. The number of alkyl halides is 6. The highest BCUT2D eigenvalue weighted by molar-refractivity contribution is 7.24. The van der Waals surface area contributed by atoms with Gasteiger partial charge in [0, 0.05) is 75.5 Å². The van der Waals surface area contributed by atoms with Crippen molar-refractivity contribution in [2.45, 2.75) is 70.1 Å². The number of halogens is 6. The van der Waals surface area contributed by atoms with E-state index in [1.807, 2.05) is 65.8 Å². The predicted molar refractivity (Wildman–Crippen MR) is 240 cm³/mol. The van der Waals surface area contributed by atoms with Gasteiger partial charge in [0.25, 0.3) is 0 Å². The minimum Gasteiger partial charge on any atom is -0.491 e. The summed E-state index contributed by atoms with van der Waals surface area (Å²) in [5.41, 5.74) is -3.30. The molecule has 14 heteroatoms. The topological polar surface area (TPSA) is 36.9 Å². The van der Waals surface area contributed by atoms with Crippen molar-refractivity contribution in [3.05, 3.63) is 106 Å². The maximum absolute atomic E-state index is 16.9. The number of rotatable bonds is 14. The summed E-state index contributed by atoms with van der Waals surface area (Å²) in [4.78, 5) is 4.67. The Labute approximate surface area is 368 Å². The molecule has 0 amide bonds. The van der Waals surface area contributed by atoms with E-state index in [1.165, 1.54) is 49.0 Å². The Morgan fingerprint density at radius 1 is 0.459 bits per heavy atom. The lowest BCUT2D eigenvalue weighted by Crippen LogP contribution is -2.48. The predicted octanol–water partition coefficient (Wildman–Crippen LogP) is 15.1.